The maximum Gasteiger partial charge on any atom is 0.260 e. The van der Waals surface area contributed by atoms with E-state index in [1.165, 1.54) is 12.8 Å². The van der Waals surface area contributed by atoms with Crippen molar-refractivity contribution in [3.63, 3.8) is 0 Å². The van der Waals surface area contributed by atoms with Gasteiger partial charge in [-0.2, -0.15) is 5.10 Å². The van der Waals surface area contributed by atoms with Gasteiger partial charge in [0.15, 0.2) is 5.03 Å². The smallest absolute Gasteiger partial charge is 0.260 e. The van der Waals surface area contributed by atoms with Crippen LogP contribution in [0.15, 0.2) is 5.03 Å². The summed E-state index contributed by atoms with van der Waals surface area (Å²) in [7, 11) is -3.61. The van der Waals surface area contributed by atoms with Crippen molar-refractivity contribution in [1.82, 2.24) is 20.2 Å². The van der Waals surface area contributed by atoms with Crippen LogP contribution in [-0.4, -0.2) is 30.2 Å². The van der Waals surface area contributed by atoms with Gasteiger partial charge in [0, 0.05) is 29.4 Å². The number of aromatic amines is 1. The predicted octanol–water partition coefficient (Wildman–Crippen LogP) is 1.83. The van der Waals surface area contributed by atoms with Crippen LogP contribution in [0.25, 0.3) is 0 Å². The molecule has 0 saturated heterocycles. The van der Waals surface area contributed by atoms with Crippen molar-refractivity contribution in [2.45, 2.75) is 76.5 Å². The second-order valence-corrected chi connectivity index (χ2v) is 8.12. The van der Waals surface area contributed by atoms with Crippen LogP contribution in [0.3, 0.4) is 0 Å². The molecule has 0 unspecified atom stereocenters. The molecule has 2 rings (SSSR count). The minimum absolute atomic E-state index is 0.123. The monoisotopic (exact) mass is 314 g/mol. The van der Waals surface area contributed by atoms with Crippen molar-refractivity contribution in [3.8, 4) is 0 Å². The molecule has 21 heavy (non-hydrogen) atoms. The molecule has 0 radical (unpaired) electrons. The van der Waals surface area contributed by atoms with Gasteiger partial charge in [0.05, 0.1) is 0 Å². The molecule has 1 aromatic heterocycles. The fourth-order valence-corrected chi connectivity index (χ4v) is 4.12. The minimum atomic E-state index is -3.61. The van der Waals surface area contributed by atoms with E-state index in [1.54, 1.807) is 0 Å². The van der Waals surface area contributed by atoms with E-state index in [-0.39, 0.29) is 5.03 Å². The summed E-state index contributed by atoms with van der Waals surface area (Å²) in [5.41, 5.74) is 1.07. The quantitative estimate of drug-likeness (QED) is 0.683. The standard InChI is InChI=1S/C14H26N4O2S/c1-5-8-14(3,4)18-21(19,20)13-12(10(2)16-17-13)9-15-11-6-7-11/h11,15,18H,5-9H2,1-4H3,(H,16,17). The van der Waals surface area contributed by atoms with Crippen LogP contribution in [0, 0.1) is 6.92 Å². The molecule has 1 saturated carbocycles. The second kappa shape index (κ2) is 6.06. The first-order valence-corrected chi connectivity index (χ1v) is 9.04. The molecule has 0 spiro atoms. The Kier molecular flexibility index (Phi) is 4.75. The summed E-state index contributed by atoms with van der Waals surface area (Å²) in [6, 6.07) is 0.527. The minimum Gasteiger partial charge on any atom is -0.310 e. The molecule has 1 aromatic rings. The van der Waals surface area contributed by atoms with Crippen LogP contribution in [0.1, 0.15) is 57.7 Å². The molecule has 7 heteroatoms. The van der Waals surface area contributed by atoms with Crippen molar-refractivity contribution in [2.75, 3.05) is 0 Å². The van der Waals surface area contributed by atoms with Gasteiger partial charge in [-0.15, -0.1) is 0 Å². The summed E-state index contributed by atoms with van der Waals surface area (Å²) in [5.74, 6) is 0. The highest BCUT2D eigenvalue weighted by Crippen LogP contribution is 2.23. The maximum absolute atomic E-state index is 12.6. The van der Waals surface area contributed by atoms with Crippen LogP contribution in [0.2, 0.25) is 0 Å². The highest BCUT2D eigenvalue weighted by atomic mass is 32.2. The van der Waals surface area contributed by atoms with E-state index in [0.29, 0.717) is 12.6 Å². The number of aryl methyl sites for hydroxylation is 1. The normalized spacial score (nSPS) is 16.4. The fourth-order valence-electron chi connectivity index (χ4n) is 2.48. The van der Waals surface area contributed by atoms with Gasteiger partial charge in [-0.1, -0.05) is 13.3 Å². The van der Waals surface area contributed by atoms with Crippen LogP contribution in [0.5, 0.6) is 0 Å². The van der Waals surface area contributed by atoms with Crippen molar-refractivity contribution in [1.29, 1.82) is 0 Å². The fraction of sp³-hybridized carbons (Fsp3) is 0.786. The number of sulfonamides is 1. The number of rotatable bonds is 8. The summed E-state index contributed by atoms with van der Waals surface area (Å²) < 4.78 is 28.0. The molecule has 1 aliphatic carbocycles. The number of nitrogens with zero attached hydrogens (tertiary/aromatic N) is 1. The van der Waals surface area contributed by atoms with Gasteiger partial charge in [0.25, 0.3) is 10.0 Å². The number of nitrogens with one attached hydrogen (secondary N) is 3. The zero-order valence-corrected chi connectivity index (χ0v) is 14.1. The van der Waals surface area contributed by atoms with Gasteiger partial charge in [0.2, 0.25) is 0 Å². The molecular weight excluding hydrogens is 288 g/mol. The first kappa shape index (κ1) is 16.5. The highest BCUT2D eigenvalue weighted by Gasteiger charge is 2.30. The van der Waals surface area contributed by atoms with Crippen LogP contribution in [0.4, 0.5) is 0 Å². The summed E-state index contributed by atoms with van der Waals surface area (Å²) in [4.78, 5) is 0. The van der Waals surface area contributed by atoms with Gasteiger partial charge in [0.1, 0.15) is 0 Å². The number of aromatic nitrogens is 2. The molecule has 0 aromatic carbocycles. The first-order valence-electron chi connectivity index (χ1n) is 7.56. The Balaban J connectivity index is 2.18. The Bertz CT molecular complexity index is 588. The van der Waals surface area contributed by atoms with Crippen molar-refractivity contribution in [2.24, 2.45) is 0 Å². The predicted molar refractivity (Wildman–Crippen MR) is 82.5 cm³/mol. The van der Waals surface area contributed by atoms with E-state index in [9.17, 15) is 8.42 Å². The molecule has 0 amide bonds. The Morgan fingerprint density at radius 3 is 2.62 bits per heavy atom. The topological polar surface area (TPSA) is 86.9 Å². The van der Waals surface area contributed by atoms with Crippen LogP contribution in [-0.2, 0) is 16.6 Å². The zero-order chi connectivity index (χ0) is 15.7. The lowest BCUT2D eigenvalue weighted by Gasteiger charge is -2.25. The lowest BCUT2D eigenvalue weighted by Crippen LogP contribution is -2.43. The van der Waals surface area contributed by atoms with Gasteiger partial charge in [-0.3, -0.25) is 5.10 Å². The molecule has 120 valence electrons. The van der Waals surface area contributed by atoms with Gasteiger partial charge in [-0.05, 0) is 40.0 Å². The van der Waals surface area contributed by atoms with Gasteiger partial charge in [-0.25, -0.2) is 13.1 Å². The zero-order valence-electron chi connectivity index (χ0n) is 13.3. The first-order chi connectivity index (χ1) is 9.75. The third-order valence-corrected chi connectivity index (χ3v) is 5.39. The van der Waals surface area contributed by atoms with E-state index in [0.717, 1.165) is 24.1 Å². The van der Waals surface area contributed by atoms with E-state index in [4.69, 9.17) is 0 Å². The van der Waals surface area contributed by atoms with Crippen molar-refractivity contribution >= 4 is 10.0 Å². The lowest BCUT2D eigenvalue weighted by molar-refractivity contribution is 0.416. The Hall–Kier alpha value is -0.920. The van der Waals surface area contributed by atoms with E-state index < -0.39 is 15.6 Å². The Morgan fingerprint density at radius 2 is 2.05 bits per heavy atom. The molecule has 1 aliphatic rings. The van der Waals surface area contributed by atoms with E-state index >= 15 is 0 Å². The molecule has 0 bridgehead atoms. The molecule has 0 aliphatic heterocycles. The third kappa shape index (κ3) is 4.28. The van der Waals surface area contributed by atoms with Crippen molar-refractivity contribution < 1.29 is 8.42 Å². The van der Waals surface area contributed by atoms with Gasteiger partial charge < -0.3 is 5.32 Å². The highest BCUT2D eigenvalue weighted by molar-refractivity contribution is 7.89. The SMILES string of the molecule is CCCC(C)(C)NS(=O)(=O)c1n[nH]c(C)c1CNC1CC1. The second-order valence-electron chi connectivity index (χ2n) is 6.53. The number of hydrogen-bond acceptors (Lipinski definition) is 4. The molecule has 3 N–H and O–H groups in total. The van der Waals surface area contributed by atoms with Crippen molar-refractivity contribution in [3.05, 3.63) is 11.3 Å². The van der Waals surface area contributed by atoms with Crippen LogP contribution < -0.4 is 10.0 Å². The molecular formula is C14H26N4O2S. The maximum atomic E-state index is 12.6. The van der Waals surface area contributed by atoms with Crippen LogP contribution >= 0.6 is 0 Å². The molecule has 1 heterocycles. The summed E-state index contributed by atoms with van der Waals surface area (Å²) in [6.45, 7) is 8.23. The van der Waals surface area contributed by atoms with E-state index in [1.807, 2.05) is 27.7 Å². The number of hydrogen-bond donors (Lipinski definition) is 3. The average molecular weight is 314 g/mol. The lowest BCUT2D eigenvalue weighted by atomic mass is 10.0. The summed E-state index contributed by atoms with van der Waals surface area (Å²) in [6.07, 6.45) is 4.04. The summed E-state index contributed by atoms with van der Waals surface area (Å²) >= 11 is 0. The number of H-pyrrole nitrogens is 1. The molecule has 6 nitrogen and oxygen atoms in total. The molecule has 0 atom stereocenters. The van der Waals surface area contributed by atoms with E-state index in [2.05, 4.69) is 20.2 Å². The van der Waals surface area contributed by atoms with Gasteiger partial charge >= 0.3 is 0 Å². The largest absolute Gasteiger partial charge is 0.310 e. The summed E-state index contributed by atoms with van der Waals surface area (Å²) in [5, 5.41) is 10.3. The Morgan fingerprint density at radius 1 is 1.38 bits per heavy atom. The Labute approximate surface area is 127 Å². The average Bonchev–Trinajstić information content (AvgIpc) is 3.08. The molecule has 1 fully saturated rings. The third-order valence-electron chi connectivity index (χ3n) is 3.72.